The fourth-order valence-electron chi connectivity index (χ4n) is 2.34. The van der Waals surface area contributed by atoms with Crippen LogP contribution >= 0.6 is 15.9 Å². The lowest BCUT2D eigenvalue weighted by atomic mass is 9.96. The van der Waals surface area contributed by atoms with Crippen LogP contribution in [0.5, 0.6) is 0 Å². The Morgan fingerprint density at radius 1 is 1.32 bits per heavy atom. The summed E-state index contributed by atoms with van der Waals surface area (Å²) in [5, 5.41) is 0. The van der Waals surface area contributed by atoms with Crippen LogP contribution in [0.3, 0.4) is 0 Å². The number of aryl methyl sites for hydroxylation is 1. The molecule has 1 heterocycles. The molecule has 1 aromatic rings. The second-order valence-electron chi connectivity index (χ2n) is 4.95. The molecule has 5 heteroatoms. The van der Waals surface area contributed by atoms with Gasteiger partial charge in [-0.2, -0.15) is 0 Å². The molecular formula is C14H17BrN2O2. The van der Waals surface area contributed by atoms with Gasteiger partial charge in [-0.3, -0.25) is 9.59 Å². The summed E-state index contributed by atoms with van der Waals surface area (Å²) in [6, 6.07) is 5.73. The van der Waals surface area contributed by atoms with E-state index in [1.165, 1.54) is 0 Å². The van der Waals surface area contributed by atoms with E-state index < -0.39 is 0 Å². The van der Waals surface area contributed by atoms with E-state index in [4.69, 9.17) is 5.73 Å². The maximum Gasteiger partial charge on any atom is 0.255 e. The summed E-state index contributed by atoms with van der Waals surface area (Å²) in [7, 11) is 0. The standard InChI is InChI=1S/C14H17BrN2O2/c1-9-2-3-12(15)11(8-9)14(19)17-6-4-10(5-7-17)13(16)18/h2-3,8,10H,4-7H2,1H3,(H2,16,18). The molecule has 1 saturated heterocycles. The molecule has 0 radical (unpaired) electrons. The highest BCUT2D eigenvalue weighted by molar-refractivity contribution is 9.10. The Morgan fingerprint density at radius 2 is 1.95 bits per heavy atom. The Labute approximate surface area is 121 Å². The number of likely N-dealkylation sites (tertiary alicyclic amines) is 1. The molecule has 4 nitrogen and oxygen atoms in total. The third kappa shape index (κ3) is 3.15. The maximum atomic E-state index is 12.4. The zero-order valence-corrected chi connectivity index (χ0v) is 12.4. The number of piperidine rings is 1. The molecule has 2 N–H and O–H groups in total. The molecule has 1 fully saturated rings. The van der Waals surface area contributed by atoms with Crippen molar-refractivity contribution in [1.82, 2.24) is 4.90 Å². The smallest absolute Gasteiger partial charge is 0.255 e. The molecule has 19 heavy (non-hydrogen) atoms. The monoisotopic (exact) mass is 324 g/mol. The molecule has 1 aliphatic heterocycles. The minimum Gasteiger partial charge on any atom is -0.369 e. The van der Waals surface area contributed by atoms with Gasteiger partial charge < -0.3 is 10.6 Å². The molecule has 0 aliphatic carbocycles. The lowest BCUT2D eigenvalue weighted by Gasteiger charge is -2.30. The van der Waals surface area contributed by atoms with E-state index in [0.29, 0.717) is 31.5 Å². The minimum atomic E-state index is -0.260. The number of hydrogen-bond acceptors (Lipinski definition) is 2. The van der Waals surface area contributed by atoms with Gasteiger partial charge in [-0.15, -0.1) is 0 Å². The molecule has 0 unspecified atom stereocenters. The summed E-state index contributed by atoms with van der Waals surface area (Å²) in [6.45, 7) is 3.14. The third-order valence-corrected chi connectivity index (χ3v) is 4.23. The van der Waals surface area contributed by atoms with Crippen LogP contribution in [0.15, 0.2) is 22.7 Å². The molecule has 1 aliphatic rings. The first-order valence-electron chi connectivity index (χ1n) is 6.34. The number of carbonyl (C=O) groups is 2. The fraction of sp³-hybridized carbons (Fsp3) is 0.429. The van der Waals surface area contributed by atoms with Gasteiger partial charge in [0.1, 0.15) is 0 Å². The van der Waals surface area contributed by atoms with Crippen molar-refractivity contribution in [3.63, 3.8) is 0 Å². The van der Waals surface area contributed by atoms with Crippen LogP contribution in [0.2, 0.25) is 0 Å². The second-order valence-corrected chi connectivity index (χ2v) is 5.81. The lowest BCUT2D eigenvalue weighted by Crippen LogP contribution is -2.41. The topological polar surface area (TPSA) is 63.4 Å². The first-order chi connectivity index (χ1) is 8.99. The zero-order chi connectivity index (χ0) is 14.0. The molecule has 0 saturated carbocycles. The summed E-state index contributed by atoms with van der Waals surface area (Å²) in [5.74, 6) is -0.340. The Balaban J connectivity index is 2.09. The van der Waals surface area contributed by atoms with Crippen molar-refractivity contribution in [1.29, 1.82) is 0 Å². The Bertz CT molecular complexity index is 508. The van der Waals surface area contributed by atoms with Crippen molar-refractivity contribution in [2.45, 2.75) is 19.8 Å². The molecule has 0 atom stereocenters. The molecule has 1 aromatic carbocycles. The van der Waals surface area contributed by atoms with Gasteiger partial charge in [-0.05, 0) is 47.8 Å². The van der Waals surface area contributed by atoms with Crippen LogP contribution in [-0.4, -0.2) is 29.8 Å². The molecule has 0 bridgehead atoms. The maximum absolute atomic E-state index is 12.4. The highest BCUT2D eigenvalue weighted by Crippen LogP contribution is 2.23. The van der Waals surface area contributed by atoms with Crippen LogP contribution in [0.25, 0.3) is 0 Å². The highest BCUT2D eigenvalue weighted by atomic mass is 79.9. The van der Waals surface area contributed by atoms with Crippen molar-refractivity contribution in [2.75, 3.05) is 13.1 Å². The van der Waals surface area contributed by atoms with E-state index in [0.717, 1.165) is 10.0 Å². The lowest BCUT2D eigenvalue weighted by molar-refractivity contribution is -0.123. The molecule has 0 spiro atoms. The quantitative estimate of drug-likeness (QED) is 0.905. The van der Waals surface area contributed by atoms with Crippen LogP contribution in [0, 0.1) is 12.8 Å². The number of amides is 2. The van der Waals surface area contributed by atoms with Crippen LogP contribution in [-0.2, 0) is 4.79 Å². The number of hydrogen-bond donors (Lipinski definition) is 1. The predicted octanol–water partition coefficient (Wildman–Crippen LogP) is 2.10. The summed E-state index contributed by atoms with van der Waals surface area (Å²) in [4.78, 5) is 25.3. The Kier molecular flexibility index (Phi) is 4.24. The number of primary amides is 1. The number of carbonyl (C=O) groups excluding carboxylic acids is 2. The SMILES string of the molecule is Cc1ccc(Br)c(C(=O)N2CCC(C(N)=O)CC2)c1. The third-order valence-electron chi connectivity index (χ3n) is 3.54. The van der Waals surface area contributed by atoms with Crippen molar-refractivity contribution in [2.24, 2.45) is 11.7 Å². The summed E-state index contributed by atoms with van der Waals surface area (Å²) >= 11 is 3.41. The van der Waals surface area contributed by atoms with Gasteiger partial charge in [0.05, 0.1) is 5.56 Å². The van der Waals surface area contributed by atoms with Crippen LogP contribution < -0.4 is 5.73 Å². The van der Waals surface area contributed by atoms with Gasteiger partial charge >= 0.3 is 0 Å². The van der Waals surface area contributed by atoms with Crippen molar-refractivity contribution in [3.05, 3.63) is 33.8 Å². The highest BCUT2D eigenvalue weighted by Gasteiger charge is 2.27. The number of rotatable bonds is 2. The van der Waals surface area contributed by atoms with E-state index in [1.54, 1.807) is 4.90 Å². The van der Waals surface area contributed by atoms with Crippen LogP contribution in [0.4, 0.5) is 0 Å². The van der Waals surface area contributed by atoms with Crippen LogP contribution in [0.1, 0.15) is 28.8 Å². The summed E-state index contributed by atoms with van der Waals surface area (Å²) in [6.07, 6.45) is 1.31. The summed E-state index contributed by atoms with van der Waals surface area (Å²) < 4.78 is 0.806. The second kappa shape index (κ2) is 5.74. The molecule has 2 amide bonds. The van der Waals surface area contributed by atoms with Crippen molar-refractivity contribution < 1.29 is 9.59 Å². The van der Waals surface area contributed by atoms with Gasteiger partial charge in [0.2, 0.25) is 5.91 Å². The van der Waals surface area contributed by atoms with Gasteiger partial charge in [0.25, 0.3) is 5.91 Å². The molecule has 0 aromatic heterocycles. The molecular weight excluding hydrogens is 308 g/mol. The van der Waals surface area contributed by atoms with Gasteiger partial charge in [0, 0.05) is 23.5 Å². The molecule has 102 valence electrons. The van der Waals surface area contributed by atoms with E-state index in [1.807, 2.05) is 25.1 Å². The van der Waals surface area contributed by atoms with Crippen molar-refractivity contribution in [3.8, 4) is 0 Å². The first-order valence-corrected chi connectivity index (χ1v) is 7.13. The number of nitrogens with two attached hydrogens (primary N) is 1. The van der Waals surface area contributed by atoms with Gasteiger partial charge in [-0.1, -0.05) is 11.6 Å². The average molecular weight is 325 g/mol. The largest absolute Gasteiger partial charge is 0.369 e. The Morgan fingerprint density at radius 3 is 2.53 bits per heavy atom. The predicted molar refractivity (Wildman–Crippen MR) is 76.7 cm³/mol. The first kappa shape index (κ1) is 14.1. The fourth-order valence-corrected chi connectivity index (χ4v) is 2.76. The normalized spacial score (nSPS) is 16.4. The van der Waals surface area contributed by atoms with Gasteiger partial charge in [0.15, 0.2) is 0 Å². The number of benzene rings is 1. The van der Waals surface area contributed by atoms with E-state index >= 15 is 0 Å². The van der Waals surface area contributed by atoms with Gasteiger partial charge in [-0.25, -0.2) is 0 Å². The molecule has 2 rings (SSSR count). The van der Waals surface area contributed by atoms with E-state index in [-0.39, 0.29) is 17.7 Å². The summed E-state index contributed by atoms with van der Waals surface area (Å²) in [5.41, 5.74) is 7.03. The number of nitrogens with zero attached hydrogens (tertiary/aromatic N) is 1. The van der Waals surface area contributed by atoms with Crippen molar-refractivity contribution >= 4 is 27.7 Å². The average Bonchev–Trinajstić information content (AvgIpc) is 2.41. The van der Waals surface area contributed by atoms with E-state index in [2.05, 4.69) is 15.9 Å². The number of halogens is 1. The minimum absolute atomic E-state index is 0.0125. The zero-order valence-electron chi connectivity index (χ0n) is 10.9. The Hall–Kier alpha value is -1.36. The van der Waals surface area contributed by atoms with E-state index in [9.17, 15) is 9.59 Å².